The largest absolute Gasteiger partial charge is 0.363 e. The first-order valence-electron chi connectivity index (χ1n) is 2.79. The molecule has 0 aromatic carbocycles. The summed E-state index contributed by atoms with van der Waals surface area (Å²) in [7, 11) is 0. The van der Waals surface area contributed by atoms with Crippen LogP contribution in [0.3, 0.4) is 0 Å². The van der Waals surface area contributed by atoms with Crippen LogP contribution in [0.25, 0.3) is 0 Å². The van der Waals surface area contributed by atoms with E-state index in [0.29, 0.717) is 5.44 Å². The van der Waals surface area contributed by atoms with Gasteiger partial charge in [-0.1, -0.05) is 12.2 Å². The Balaban J connectivity index is 2.24. The molecule has 0 aliphatic carbocycles. The summed E-state index contributed by atoms with van der Waals surface area (Å²) >= 11 is 1.86. The molecule has 1 fully saturated rings. The van der Waals surface area contributed by atoms with Gasteiger partial charge in [-0.3, -0.25) is 0 Å². The van der Waals surface area contributed by atoms with Gasteiger partial charge in [0.1, 0.15) is 5.44 Å². The number of thioether (sulfide) groups is 1. The van der Waals surface area contributed by atoms with Gasteiger partial charge in [-0.15, -0.1) is 11.8 Å². The zero-order chi connectivity index (χ0) is 5.82. The Bertz CT molecular complexity index is 84.5. The molecule has 1 aliphatic rings. The van der Waals surface area contributed by atoms with Gasteiger partial charge in [0.15, 0.2) is 0 Å². The summed E-state index contributed by atoms with van der Waals surface area (Å²) in [4.78, 5) is 0. The first kappa shape index (κ1) is 6.17. The van der Waals surface area contributed by atoms with Crippen molar-refractivity contribution >= 4 is 11.8 Å². The highest BCUT2D eigenvalue weighted by Gasteiger charge is 2.10. The maximum absolute atomic E-state index is 5.27. The third-order valence-electron chi connectivity index (χ3n) is 0.997. The van der Waals surface area contributed by atoms with Crippen molar-refractivity contribution in [3.63, 3.8) is 0 Å². The average Bonchev–Trinajstić information content (AvgIpc) is 2.19. The van der Waals surface area contributed by atoms with E-state index in [-0.39, 0.29) is 0 Å². The lowest BCUT2D eigenvalue weighted by Gasteiger charge is -1.97. The Morgan fingerprint density at radius 3 is 3.12 bits per heavy atom. The van der Waals surface area contributed by atoms with E-state index in [1.807, 2.05) is 24.8 Å². The van der Waals surface area contributed by atoms with Crippen molar-refractivity contribution < 1.29 is 4.74 Å². The highest BCUT2D eigenvalue weighted by molar-refractivity contribution is 8.00. The second-order valence-corrected chi connectivity index (χ2v) is 2.84. The monoisotopic (exact) mass is 130 g/mol. The van der Waals surface area contributed by atoms with Crippen molar-refractivity contribution in [3.05, 3.63) is 12.2 Å². The second-order valence-electron chi connectivity index (χ2n) is 1.64. The molecule has 0 saturated carbocycles. The van der Waals surface area contributed by atoms with Gasteiger partial charge in [-0.05, 0) is 6.92 Å². The normalized spacial score (nSPS) is 29.9. The van der Waals surface area contributed by atoms with E-state index >= 15 is 0 Å². The predicted octanol–water partition coefficient (Wildman–Crippen LogP) is 1.65. The number of hydrogen-bond donors (Lipinski definition) is 0. The van der Waals surface area contributed by atoms with E-state index in [4.69, 9.17) is 4.74 Å². The fraction of sp³-hybridized carbons (Fsp3) is 0.667. The van der Waals surface area contributed by atoms with Gasteiger partial charge in [-0.2, -0.15) is 0 Å². The molecule has 0 bridgehead atoms. The van der Waals surface area contributed by atoms with E-state index < -0.39 is 0 Å². The summed E-state index contributed by atoms with van der Waals surface area (Å²) in [6.45, 7) is 2.93. The topological polar surface area (TPSA) is 9.23 Å². The van der Waals surface area contributed by atoms with Crippen LogP contribution in [0.15, 0.2) is 12.2 Å². The molecule has 0 N–H and O–H groups in total. The third kappa shape index (κ3) is 1.53. The van der Waals surface area contributed by atoms with Crippen molar-refractivity contribution in [2.75, 3.05) is 12.4 Å². The maximum Gasteiger partial charge on any atom is 0.121 e. The molecule has 0 aromatic heterocycles. The molecule has 1 aliphatic heterocycles. The second kappa shape index (κ2) is 3.15. The molecule has 1 heterocycles. The molecular weight excluding hydrogens is 120 g/mol. The molecule has 0 radical (unpaired) electrons. The van der Waals surface area contributed by atoms with Crippen molar-refractivity contribution in [1.82, 2.24) is 0 Å². The standard InChI is InChI=1S/C6H10OS/c1-2-3-6-7-4-5-8-6/h2-3,6H,4-5H2,1H3. The van der Waals surface area contributed by atoms with E-state index in [0.717, 1.165) is 12.4 Å². The van der Waals surface area contributed by atoms with Crippen LogP contribution < -0.4 is 0 Å². The van der Waals surface area contributed by atoms with E-state index in [9.17, 15) is 0 Å². The summed E-state index contributed by atoms with van der Waals surface area (Å²) < 4.78 is 5.27. The summed E-state index contributed by atoms with van der Waals surface area (Å²) in [5.41, 5.74) is 0.347. The molecule has 0 spiro atoms. The van der Waals surface area contributed by atoms with Gasteiger partial charge in [0.25, 0.3) is 0 Å². The van der Waals surface area contributed by atoms with Crippen molar-refractivity contribution in [2.45, 2.75) is 12.4 Å². The van der Waals surface area contributed by atoms with Gasteiger partial charge in [0, 0.05) is 5.75 Å². The van der Waals surface area contributed by atoms with Crippen LogP contribution in [-0.2, 0) is 4.74 Å². The smallest absolute Gasteiger partial charge is 0.121 e. The van der Waals surface area contributed by atoms with E-state index in [1.165, 1.54) is 0 Å². The lowest BCUT2D eigenvalue weighted by atomic mass is 10.5. The fourth-order valence-corrected chi connectivity index (χ4v) is 1.53. The maximum atomic E-state index is 5.27. The van der Waals surface area contributed by atoms with E-state index in [1.54, 1.807) is 0 Å². The lowest BCUT2D eigenvalue weighted by Crippen LogP contribution is -1.93. The minimum Gasteiger partial charge on any atom is -0.363 e. The van der Waals surface area contributed by atoms with Gasteiger partial charge in [-0.25, -0.2) is 0 Å². The number of ether oxygens (including phenoxy) is 1. The third-order valence-corrected chi connectivity index (χ3v) is 2.02. The fourth-order valence-electron chi connectivity index (χ4n) is 0.645. The molecule has 1 nitrogen and oxygen atoms in total. The summed E-state index contributed by atoms with van der Waals surface area (Å²) in [6.07, 6.45) is 4.11. The molecule has 0 amide bonds. The zero-order valence-corrected chi connectivity index (χ0v) is 5.78. The predicted molar refractivity (Wildman–Crippen MR) is 37.0 cm³/mol. The Hall–Kier alpha value is 0.0500. The number of allylic oxidation sites excluding steroid dienone is 1. The van der Waals surface area contributed by atoms with Crippen molar-refractivity contribution in [3.8, 4) is 0 Å². The molecule has 46 valence electrons. The zero-order valence-electron chi connectivity index (χ0n) is 4.96. The number of rotatable bonds is 1. The average molecular weight is 130 g/mol. The summed E-state index contributed by atoms with van der Waals surface area (Å²) in [6, 6.07) is 0. The van der Waals surface area contributed by atoms with Gasteiger partial charge in [0.05, 0.1) is 6.61 Å². The molecule has 1 saturated heterocycles. The van der Waals surface area contributed by atoms with Crippen molar-refractivity contribution in [1.29, 1.82) is 0 Å². The molecule has 1 atom stereocenters. The van der Waals surface area contributed by atoms with Gasteiger partial charge < -0.3 is 4.74 Å². The Morgan fingerprint density at radius 1 is 1.75 bits per heavy atom. The molecule has 8 heavy (non-hydrogen) atoms. The minimum atomic E-state index is 0.347. The van der Waals surface area contributed by atoms with E-state index in [2.05, 4.69) is 6.08 Å². The first-order valence-corrected chi connectivity index (χ1v) is 3.84. The van der Waals surface area contributed by atoms with Crippen LogP contribution in [0, 0.1) is 0 Å². The highest BCUT2D eigenvalue weighted by atomic mass is 32.2. The van der Waals surface area contributed by atoms with Crippen LogP contribution >= 0.6 is 11.8 Å². The molecule has 0 aromatic rings. The highest BCUT2D eigenvalue weighted by Crippen LogP contribution is 2.19. The van der Waals surface area contributed by atoms with Crippen LogP contribution in [-0.4, -0.2) is 17.8 Å². The lowest BCUT2D eigenvalue weighted by molar-refractivity contribution is 0.173. The Morgan fingerprint density at radius 2 is 2.62 bits per heavy atom. The Kier molecular flexibility index (Phi) is 2.43. The molecule has 1 rings (SSSR count). The quantitative estimate of drug-likeness (QED) is 0.499. The van der Waals surface area contributed by atoms with Crippen molar-refractivity contribution in [2.24, 2.45) is 0 Å². The molecule has 2 heteroatoms. The van der Waals surface area contributed by atoms with Crippen LogP contribution in [0.1, 0.15) is 6.92 Å². The summed E-state index contributed by atoms with van der Waals surface area (Å²) in [5, 5.41) is 0. The molecular formula is C6H10OS. The van der Waals surface area contributed by atoms with Gasteiger partial charge >= 0.3 is 0 Å². The Labute approximate surface area is 54.1 Å². The van der Waals surface area contributed by atoms with Crippen LogP contribution in [0.5, 0.6) is 0 Å². The molecule has 1 unspecified atom stereocenters. The van der Waals surface area contributed by atoms with Crippen LogP contribution in [0.2, 0.25) is 0 Å². The SMILES string of the molecule is CC=CC1OCCS1. The number of hydrogen-bond acceptors (Lipinski definition) is 2. The van der Waals surface area contributed by atoms with Crippen LogP contribution in [0.4, 0.5) is 0 Å². The summed E-state index contributed by atoms with van der Waals surface area (Å²) in [5.74, 6) is 1.15. The first-order chi connectivity index (χ1) is 3.93. The van der Waals surface area contributed by atoms with Gasteiger partial charge in [0.2, 0.25) is 0 Å². The minimum absolute atomic E-state index is 0.347.